The number of hydrogen-bond donors (Lipinski definition) is 1. The highest BCUT2D eigenvalue weighted by Crippen LogP contribution is 2.42. The first-order valence-electron chi connectivity index (χ1n) is 9.04. The van der Waals surface area contributed by atoms with Crippen LogP contribution in [0.15, 0.2) is 24.7 Å². The molecule has 140 valence electrons. The molecule has 1 saturated carbocycles. The topological polar surface area (TPSA) is 73.8 Å². The fraction of sp³-hybridized carbons (Fsp3) is 0.444. The number of rotatable bonds is 3. The number of nitrogens with one attached hydrogen (secondary N) is 1. The molecule has 0 aromatic carbocycles. The number of fused-ring (bicyclic) bond motifs is 2. The standard InChI is InChI=1S/C18H19Cl2N7/c1-26(17-13-2-3-21-16(13)22-9-23-17)12-4-10-7-27(8-11(10)5-12)18-24-14(19)6-15(20)25-18/h2-3,6,9-12H,4-5,7-8H2,1H3,(H,21,22,23). The molecule has 7 nitrogen and oxygen atoms in total. The SMILES string of the molecule is CN(c1ncnc2[nH]ccc12)C1CC2CN(c3nc(Cl)cc(Cl)n3)CC2C1. The Balaban J connectivity index is 1.31. The maximum absolute atomic E-state index is 6.04. The second-order valence-electron chi connectivity index (χ2n) is 7.41. The predicted octanol–water partition coefficient (Wildman–Crippen LogP) is 3.41. The quantitative estimate of drug-likeness (QED) is 0.675. The van der Waals surface area contributed by atoms with E-state index in [-0.39, 0.29) is 0 Å². The first-order valence-corrected chi connectivity index (χ1v) is 9.80. The van der Waals surface area contributed by atoms with E-state index in [1.807, 2.05) is 12.3 Å². The highest BCUT2D eigenvalue weighted by molar-refractivity contribution is 6.33. The summed E-state index contributed by atoms with van der Waals surface area (Å²) in [4.78, 5) is 25.2. The van der Waals surface area contributed by atoms with Gasteiger partial charge in [-0.15, -0.1) is 0 Å². The summed E-state index contributed by atoms with van der Waals surface area (Å²) < 4.78 is 0. The zero-order valence-electron chi connectivity index (χ0n) is 14.8. The van der Waals surface area contributed by atoms with Crippen molar-refractivity contribution >= 4 is 46.0 Å². The lowest BCUT2D eigenvalue weighted by Crippen LogP contribution is -2.33. The minimum absolute atomic E-state index is 0.388. The maximum Gasteiger partial charge on any atom is 0.228 e. The molecule has 2 fully saturated rings. The van der Waals surface area contributed by atoms with E-state index in [2.05, 4.69) is 41.8 Å². The fourth-order valence-electron chi connectivity index (χ4n) is 4.58. The van der Waals surface area contributed by atoms with Crippen molar-refractivity contribution in [2.24, 2.45) is 11.8 Å². The molecule has 1 aliphatic heterocycles. The van der Waals surface area contributed by atoms with Crippen LogP contribution < -0.4 is 9.80 Å². The molecular formula is C18H19Cl2N7. The van der Waals surface area contributed by atoms with E-state index in [0.29, 0.717) is 34.1 Å². The van der Waals surface area contributed by atoms with Gasteiger partial charge in [0.15, 0.2) is 0 Å². The number of hydrogen-bond acceptors (Lipinski definition) is 6. The Morgan fingerprint density at radius 1 is 1.11 bits per heavy atom. The van der Waals surface area contributed by atoms with Crippen molar-refractivity contribution in [2.45, 2.75) is 18.9 Å². The Labute approximate surface area is 166 Å². The van der Waals surface area contributed by atoms with Gasteiger partial charge >= 0.3 is 0 Å². The van der Waals surface area contributed by atoms with Crippen LogP contribution in [0.25, 0.3) is 11.0 Å². The first-order chi connectivity index (χ1) is 13.1. The van der Waals surface area contributed by atoms with Crippen LogP contribution >= 0.6 is 23.2 Å². The highest BCUT2D eigenvalue weighted by atomic mass is 35.5. The van der Waals surface area contributed by atoms with E-state index >= 15 is 0 Å². The lowest BCUT2D eigenvalue weighted by atomic mass is 10.0. The summed E-state index contributed by atoms with van der Waals surface area (Å²) in [6, 6.07) is 4.08. The van der Waals surface area contributed by atoms with Crippen LogP contribution in [0, 0.1) is 11.8 Å². The molecule has 3 aromatic heterocycles. The zero-order valence-corrected chi connectivity index (χ0v) is 16.3. The van der Waals surface area contributed by atoms with Crippen LogP contribution in [0.2, 0.25) is 10.3 Å². The molecular weight excluding hydrogens is 385 g/mol. The van der Waals surface area contributed by atoms with Gasteiger partial charge in [0.1, 0.15) is 28.1 Å². The van der Waals surface area contributed by atoms with E-state index in [1.54, 1.807) is 12.4 Å². The van der Waals surface area contributed by atoms with Crippen LogP contribution in [0.4, 0.5) is 11.8 Å². The minimum Gasteiger partial charge on any atom is -0.356 e. The summed E-state index contributed by atoms with van der Waals surface area (Å²) >= 11 is 12.1. The minimum atomic E-state index is 0.388. The van der Waals surface area contributed by atoms with Gasteiger partial charge in [-0.25, -0.2) is 19.9 Å². The third-order valence-electron chi connectivity index (χ3n) is 5.88. The molecule has 1 aliphatic carbocycles. The lowest BCUT2D eigenvalue weighted by molar-refractivity contribution is 0.494. The Bertz CT molecular complexity index is 957. The molecule has 0 radical (unpaired) electrons. The molecule has 2 atom stereocenters. The van der Waals surface area contributed by atoms with E-state index in [9.17, 15) is 0 Å². The molecule has 0 bridgehead atoms. The maximum atomic E-state index is 6.04. The van der Waals surface area contributed by atoms with Crippen molar-refractivity contribution in [3.8, 4) is 0 Å². The van der Waals surface area contributed by atoms with Gasteiger partial charge in [-0.05, 0) is 30.7 Å². The fourth-order valence-corrected chi connectivity index (χ4v) is 4.99. The van der Waals surface area contributed by atoms with Crippen LogP contribution in [0.1, 0.15) is 12.8 Å². The van der Waals surface area contributed by atoms with Crippen LogP contribution in [0.3, 0.4) is 0 Å². The third kappa shape index (κ3) is 2.99. The summed E-state index contributed by atoms with van der Waals surface area (Å²) in [6.45, 7) is 1.88. The largest absolute Gasteiger partial charge is 0.356 e. The third-order valence-corrected chi connectivity index (χ3v) is 6.26. The molecule has 0 spiro atoms. The van der Waals surface area contributed by atoms with E-state index < -0.39 is 0 Å². The van der Waals surface area contributed by atoms with E-state index in [0.717, 1.165) is 42.8 Å². The van der Waals surface area contributed by atoms with Gasteiger partial charge in [0.25, 0.3) is 0 Å². The first kappa shape index (κ1) is 17.0. The molecule has 3 aromatic rings. The summed E-state index contributed by atoms with van der Waals surface area (Å²) in [5, 5.41) is 1.85. The predicted molar refractivity (Wildman–Crippen MR) is 107 cm³/mol. The monoisotopic (exact) mass is 403 g/mol. The molecule has 0 amide bonds. The van der Waals surface area contributed by atoms with Gasteiger partial charge in [-0.2, -0.15) is 0 Å². The summed E-state index contributed by atoms with van der Waals surface area (Å²) in [6.07, 6.45) is 5.79. The smallest absolute Gasteiger partial charge is 0.228 e. The van der Waals surface area contributed by atoms with Crippen LogP contribution in [-0.4, -0.2) is 51.1 Å². The lowest BCUT2D eigenvalue weighted by Gasteiger charge is -2.28. The Hall–Kier alpha value is -2.12. The Morgan fingerprint density at radius 3 is 2.52 bits per heavy atom. The second-order valence-corrected chi connectivity index (χ2v) is 8.19. The highest BCUT2D eigenvalue weighted by Gasteiger charge is 2.43. The van der Waals surface area contributed by atoms with Gasteiger partial charge in [0.05, 0.1) is 5.39 Å². The number of H-pyrrole nitrogens is 1. The summed E-state index contributed by atoms with van der Waals surface area (Å²) in [5.41, 5.74) is 0.881. The molecule has 5 rings (SSSR count). The molecule has 1 N–H and O–H groups in total. The van der Waals surface area contributed by atoms with E-state index in [1.165, 1.54) is 0 Å². The van der Waals surface area contributed by atoms with Crippen molar-refractivity contribution in [3.05, 3.63) is 35.0 Å². The normalized spacial score (nSPS) is 24.6. The molecule has 4 heterocycles. The summed E-state index contributed by atoms with van der Waals surface area (Å²) in [7, 11) is 2.14. The zero-order chi connectivity index (χ0) is 18.5. The van der Waals surface area contributed by atoms with Crippen LogP contribution in [0.5, 0.6) is 0 Å². The molecule has 27 heavy (non-hydrogen) atoms. The van der Waals surface area contributed by atoms with Crippen molar-refractivity contribution in [1.82, 2.24) is 24.9 Å². The average molecular weight is 404 g/mol. The number of anilines is 2. The van der Waals surface area contributed by atoms with Gasteiger partial charge in [0, 0.05) is 38.4 Å². The molecule has 2 unspecified atom stereocenters. The van der Waals surface area contributed by atoms with Gasteiger partial charge < -0.3 is 14.8 Å². The van der Waals surface area contributed by atoms with Gasteiger partial charge in [0.2, 0.25) is 5.95 Å². The van der Waals surface area contributed by atoms with E-state index in [4.69, 9.17) is 23.2 Å². The van der Waals surface area contributed by atoms with Crippen molar-refractivity contribution in [2.75, 3.05) is 29.9 Å². The Morgan fingerprint density at radius 2 is 1.81 bits per heavy atom. The number of nitrogens with zero attached hydrogens (tertiary/aromatic N) is 6. The average Bonchev–Trinajstić information content (AvgIpc) is 3.33. The van der Waals surface area contributed by atoms with Gasteiger partial charge in [-0.1, -0.05) is 23.2 Å². The Kier molecular flexibility index (Phi) is 4.09. The van der Waals surface area contributed by atoms with Crippen molar-refractivity contribution in [3.63, 3.8) is 0 Å². The molecule has 1 saturated heterocycles. The van der Waals surface area contributed by atoms with Crippen molar-refractivity contribution < 1.29 is 0 Å². The number of aromatic nitrogens is 5. The second kappa shape index (κ2) is 6.49. The van der Waals surface area contributed by atoms with Gasteiger partial charge in [-0.3, -0.25) is 0 Å². The molecule has 9 heteroatoms. The van der Waals surface area contributed by atoms with Crippen LogP contribution in [-0.2, 0) is 0 Å². The number of halogens is 2. The molecule has 2 aliphatic rings. The number of aromatic amines is 1. The van der Waals surface area contributed by atoms with Crippen molar-refractivity contribution in [1.29, 1.82) is 0 Å². The summed E-state index contributed by atoms with van der Waals surface area (Å²) in [5.74, 6) is 2.86.